The van der Waals surface area contributed by atoms with E-state index in [9.17, 15) is 22.8 Å². The fourth-order valence-corrected chi connectivity index (χ4v) is 4.60. The molecule has 2 amide bonds. The van der Waals surface area contributed by atoms with Gasteiger partial charge in [-0.1, -0.05) is 12.1 Å². The molecule has 2 fully saturated rings. The van der Waals surface area contributed by atoms with Crippen LogP contribution in [0.2, 0.25) is 0 Å². The highest BCUT2D eigenvalue weighted by molar-refractivity contribution is 5.95. The molecule has 11 nitrogen and oxygen atoms in total. The third-order valence-electron chi connectivity index (χ3n) is 6.39. The van der Waals surface area contributed by atoms with Gasteiger partial charge in [0, 0.05) is 50.8 Å². The van der Waals surface area contributed by atoms with Crippen molar-refractivity contribution in [1.82, 2.24) is 29.5 Å². The van der Waals surface area contributed by atoms with Crippen LogP contribution in [0.4, 0.5) is 13.2 Å². The van der Waals surface area contributed by atoms with E-state index in [1.54, 1.807) is 52.4 Å². The molecule has 14 heteroatoms. The average molecular weight is 547 g/mol. The number of carboxylic acid groups (broad SMARTS) is 1. The van der Waals surface area contributed by atoms with Gasteiger partial charge in [-0.05, 0) is 29.8 Å². The van der Waals surface area contributed by atoms with E-state index in [-0.39, 0.29) is 24.3 Å². The van der Waals surface area contributed by atoms with Crippen LogP contribution in [0.15, 0.2) is 61.2 Å². The summed E-state index contributed by atoms with van der Waals surface area (Å²) >= 11 is 0. The van der Waals surface area contributed by atoms with Gasteiger partial charge in [0.05, 0.1) is 25.4 Å². The van der Waals surface area contributed by atoms with E-state index in [1.807, 2.05) is 30.3 Å². The summed E-state index contributed by atoms with van der Waals surface area (Å²) in [4.78, 5) is 48.0. The molecule has 0 radical (unpaired) electrons. The van der Waals surface area contributed by atoms with Gasteiger partial charge in [0.2, 0.25) is 0 Å². The molecule has 2 aliphatic heterocycles. The number of aryl methyl sites for hydroxylation is 1. The minimum atomic E-state index is -5.08. The summed E-state index contributed by atoms with van der Waals surface area (Å²) in [5.74, 6) is -3.43. The number of carbonyl (C=O) groups is 3. The van der Waals surface area contributed by atoms with Crippen molar-refractivity contribution in [2.45, 2.75) is 24.2 Å². The molecule has 206 valence electrons. The van der Waals surface area contributed by atoms with Crippen LogP contribution in [0, 0.1) is 0 Å². The Balaban J connectivity index is 0.000000448. The predicted molar refractivity (Wildman–Crippen MR) is 128 cm³/mol. The lowest BCUT2D eigenvalue weighted by Gasteiger charge is -2.42. The second-order valence-electron chi connectivity index (χ2n) is 8.99. The molecule has 0 bridgehead atoms. The first-order valence-electron chi connectivity index (χ1n) is 11.8. The molecule has 5 heterocycles. The Morgan fingerprint density at radius 3 is 2.54 bits per heavy atom. The van der Waals surface area contributed by atoms with Crippen LogP contribution in [0.5, 0.6) is 0 Å². The van der Waals surface area contributed by atoms with Crippen molar-refractivity contribution in [2.24, 2.45) is 7.05 Å². The van der Waals surface area contributed by atoms with E-state index >= 15 is 0 Å². The maximum absolute atomic E-state index is 13.8. The molecular formula is C25H25F3N6O5. The Morgan fingerprint density at radius 2 is 1.95 bits per heavy atom. The minimum absolute atomic E-state index is 0.125. The highest BCUT2D eigenvalue weighted by Gasteiger charge is 2.58. The molecule has 2 saturated heterocycles. The molecule has 0 saturated carbocycles. The monoisotopic (exact) mass is 546 g/mol. The largest absolute Gasteiger partial charge is 0.490 e. The van der Waals surface area contributed by atoms with Crippen molar-refractivity contribution in [3.05, 3.63) is 78.1 Å². The van der Waals surface area contributed by atoms with Crippen LogP contribution < -0.4 is 0 Å². The number of hydrogen-bond donors (Lipinski definition) is 1. The standard InChI is InChI=1S/C23H24N6O3.C2HF3O2/c1-27-10-7-20(26-27)21(30)29-15-19(17-5-4-8-24-13-17)23(16-29)22(31)28(11-12-32-23)14-18-6-2-3-9-25-18;3-2(4,5)1(6)7/h2-10,13,19H,11-12,14-16H2,1H3;(H,6,7). The second kappa shape index (κ2) is 11.2. The van der Waals surface area contributed by atoms with Crippen molar-refractivity contribution in [3.63, 3.8) is 0 Å². The van der Waals surface area contributed by atoms with E-state index in [0.29, 0.717) is 31.9 Å². The number of nitrogens with zero attached hydrogens (tertiary/aromatic N) is 6. The van der Waals surface area contributed by atoms with Gasteiger partial charge in [-0.25, -0.2) is 4.79 Å². The molecule has 2 aliphatic rings. The summed E-state index contributed by atoms with van der Waals surface area (Å²) in [5.41, 5.74) is 0.871. The van der Waals surface area contributed by atoms with Gasteiger partial charge >= 0.3 is 12.1 Å². The van der Waals surface area contributed by atoms with Crippen molar-refractivity contribution in [2.75, 3.05) is 26.2 Å². The predicted octanol–water partition coefficient (Wildman–Crippen LogP) is 1.88. The number of aliphatic carboxylic acids is 1. The van der Waals surface area contributed by atoms with Gasteiger partial charge in [-0.3, -0.25) is 24.2 Å². The van der Waals surface area contributed by atoms with Crippen LogP contribution in [-0.2, 0) is 27.9 Å². The first-order valence-corrected chi connectivity index (χ1v) is 11.8. The molecule has 0 aromatic carbocycles. The van der Waals surface area contributed by atoms with E-state index in [2.05, 4.69) is 15.1 Å². The third-order valence-corrected chi connectivity index (χ3v) is 6.39. The molecule has 0 aliphatic carbocycles. The van der Waals surface area contributed by atoms with Gasteiger partial charge in [0.1, 0.15) is 5.69 Å². The molecule has 2 atom stereocenters. The van der Waals surface area contributed by atoms with Gasteiger partial charge in [-0.15, -0.1) is 0 Å². The maximum atomic E-state index is 13.8. The zero-order valence-electron chi connectivity index (χ0n) is 20.8. The summed E-state index contributed by atoms with van der Waals surface area (Å²) in [6.45, 7) is 1.79. The molecule has 2 unspecified atom stereocenters. The van der Waals surface area contributed by atoms with Crippen LogP contribution >= 0.6 is 0 Å². The summed E-state index contributed by atoms with van der Waals surface area (Å²) in [5, 5.41) is 11.4. The lowest BCUT2D eigenvalue weighted by atomic mass is 9.83. The van der Waals surface area contributed by atoms with E-state index in [4.69, 9.17) is 14.6 Å². The summed E-state index contributed by atoms with van der Waals surface area (Å²) in [7, 11) is 1.77. The number of carboxylic acids is 1. The van der Waals surface area contributed by atoms with Crippen LogP contribution in [0.1, 0.15) is 27.7 Å². The van der Waals surface area contributed by atoms with Gasteiger partial charge < -0.3 is 19.6 Å². The smallest absolute Gasteiger partial charge is 0.475 e. The van der Waals surface area contributed by atoms with Crippen molar-refractivity contribution in [1.29, 1.82) is 0 Å². The average Bonchev–Trinajstić information content (AvgIpc) is 3.52. The first-order chi connectivity index (χ1) is 18.5. The lowest BCUT2D eigenvalue weighted by molar-refractivity contribution is -0.192. The molecular weight excluding hydrogens is 521 g/mol. The Bertz CT molecular complexity index is 1320. The number of carbonyl (C=O) groups excluding carboxylic acids is 2. The van der Waals surface area contributed by atoms with Crippen LogP contribution in [0.25, 0.3) is 0 Å². The summed E-state index contributed by atoms with van der Waals surface area (Å²) in [6, 6.07) is 11.1. The number of halogens is 3. The minimum Gasteiger partial charge on any atom is -0.475 e. The zero-order chi connectivity index (χ0) is 28.2. The maximum Gasteiger partial charge on any atom is 0.490 e. The quantitative estimate of drug-likeness (QED) is 0.525. The summed E-state index contributed by atoms with van der Waals surface area (Å²) in [6.07, 6.45) is 1.81. The Labute approximate surface area is 220 Å². The fourth-order valence-electron chi connectivity index (χ4n) is 4.60. The summed E-state index contributed by atoms with van der Waals surface area (Å²) < 4.78 is 39.6. The first kappa shape index (κ1) is 27.7. The third kappa shape index (κ3) is 6.06. The van der Waals surface area contributed by atoms with Crippen molar-refractivity contribution in [3.8, 4) is 0 Å². The van der Waals surface area contributed by atoms with E-state index < -0.39 is 17.7 Å². The number of ether oxygens (including phenoxy) is 1. The molecule has 1 spiro atoms. The molecule has 39 heavy (non-hydrogen) atoms. The number of pyridine rings is 2. The fraction of sp³-hybridized carbons (Fsp3) is 0.360. The second-order valence-corrected chi connectivity index (χ2v) is 8.99. The Morgan fingerprint density at radius 1 is 1.18 bits per heavy atom. The lowest BCUT2D eigenvalue weighted by Crippen LogP contribution is -2.60. The van der Waals surface area contributed by atoms with Crippen molar-refractivity contribution < 1.29 is 37.4 Å². The van der Waals surface area contributed by atoms with Gasteiger partial charge in [0.25, 0.3) is 11.8 Å². The molecule has 3 aromatic rings. The molecule has 3 aromatic heterocycles. The SMILES string of the molecule is Cn1ccc(C(=O)N2CC(c3cccnc3)C3(C2)OCCN(Cc2ccccn2)C3=O)n1.O=C(O)C(F)(F)F. The molecule has 5 rings (SSSR count). The van der Waals surface area contributed by atoms with Crippen LogP contribution in [0.3, 0.4) is 0 Å². The number of amides is 2. The number of hydrogen-bond acceptors (Lipinski definition) is 7. The highest BCUT2D eigenvalue weighted by Crippen LogP contribution is 2.42. The molecule has 1 N–H and O–H groups in total. The number of likely N-dealkylation sites (tertiary alicyclic amines) is 1. The normalized spacial score (nSPS) is 21.0. The Hall–Kier alpha value is -4.33. The van der Waals surface area contributed by atoms with Crippen molar-refractivity contribution >= 4 is 17.8 Å². The number of alkyl halides is 3. The number of morpholine rings is 1. The van der Waals surface area contributed by atoms with E-state index in [1.165, 1.54) is 0 Å². The van der Waals surface area contributed by atoms with Gasteiger partial charge in [-0.2, -0.15) is 18.3 Å². The Kier molecular flexibility index (Phi) is 7.95. The zero-order valence-corrected chi connectivity index (χ0v) is 20.8. The van der Waals surface area contributed by atoms with E-state index in [0.717, 1.165) is 11.3 Å². The van der Waals surface area contributed by atoms with Gasteiger partial charge in [0.15, 0.2) is 5.60 Å². The number of rotatable bonds is 4. The topological polar surface area (TPSA) is 131 Å². The highest BCUT2D eigenvalue weighted by atomic mass is 19.4. The number of aromatic nitrogens is 4. The van der Waals surface area contributed by atoms with Crippen LogP contribution in [-0.4, -0.2) is 90.5 Å².